The summed E-state index contributed by atoms with van der Waals surface area (Å²) in [6, 6.07) is 3.45. The van der Waals surface area contributed by atoms with E-state index in [4.69, 9.17) is 10.5 Å². The summed E-state index contributed by atoms with van der Waals surface area (Å²) in [6.45, 7) is 10.2. The van der Waals surface area contributed by atoms with Gasteiger partial charge in [-0.25, -0.2) is 0 Å². The van der Waals surface area contributed by atoms with Gasteiger partial charge in [-0.3, -0.25) is 4.90 Å². The van der Waals surface area contributed by atoms with E-state index >= 15 is 0 Å². The lowest BCUT2D eigenvalue weighted by Gasteiger charge is -2.46. The second-order valence-electron chi connectivity index (χ2n) is 6.19. The number of piperazine rings is 1. The zero-order valence-corrected chi connectivity index (χ0v) is 12.6. The van der Waals surface area contributed by atoms with Crippen LogP contribution in [-0.4, -0.2) is 66.1 Å². The van der Waals surface area contributed by atoms with Crippen molar-refractivity contribution in [2.24, 2.45) is 5.92 Å². The predicted molar refractivity (Wildman–Crippen MR) is 77.6 cm³/mol. The summed E-state index contributed by atoms with van der Waals surface area (Å²) in [5.74, 6) is 0.449. The summed E-state index contributed by atoms with van der Waals surface area (Å²) >= 11 is 0. The first kappa shape index (κ1) is 15.1. The van der Waals surface area contributed by atoms with Gasteiger partial charge in [0.2, 0.25) is 0 Å². The van der Waals surface area contributed by atoms with Crippen LogP contribution in [0.5, 0.6) is 0 Å². The minimum absolute atomic E-state index is 0.449. The molecule has 2 heterocycles. The van der Waals surface area contributed by atoms with Crippen LogP contribution in [0.15, 0.2) is 0 Å². The normalized spacial score (nSPS) is 29.1. The molecule has 2 unspecified atom stereocenters. The third-order valence-electron chi connectivity index (χ3n) is 4.73. The van der Waals surface area contributed by atoms with Gasteiger partial charge in [-0.1, -0.05) is 0 Å². The monoisotopic (exact) mass is 275 g/mol. The van der Waals surface area contributed by atoms with E-state index in [1.165, 1.54) is 0 Å². The lowest BCUT2D eigenvalue weighted by molar-refractivity contribution is 0.0253. The van der Waals surface area contributed by atoms with E-state index in [9.17, 15) is 0 Å². The van der Waals surface area contributed by atoms with Gasteiger partial charge in [-0.15, -0.1) is 0 Å². The maximum atomic E-state index is 9.10. The van der Waals surface area contributed by atoms with Crippen LogP contribution < -0.4 is 0 Å². The van der Waals surface area contributed by atoms with Crippen molar-refractivity contribution in [2.45, 2.75) is 38.8 Å². The van der Waals surface area contributed by atoms with Gasteiger partial charge in [0, 0.05) is 57.1 Å². The van der Waals surface area contributed by atoms with E-state index in [0.29, 0.717) is 24.4 Å². The number of nitriles is 2. The van der Waals surface area contributed by atoms with Crippen molar-refractivity contribution >= 4 is 0 Å². The molecule has 2 fully saturated rings. The Kier molecular flexibility index (Phi) is 5.23. The lowest BCUT2D eigenvalue weighted by atomic mass is 9.87. The highest BCUT2D eigenvalue weighted by atomic mass is 15.3. The quantitative estimate of drug-likeness (QED) is 0.722. The molecule has 0 aliphatic carbocycles. The minimum Gasteiger partial charge on any atom is -0.308 e. The van der Waals surface area contributed by atoms with Gasteiger partial charge < -0.3 is 9.80 Å². The van der Waals surface area contributed by atoms with Gasteiger partial charge in [0.15, 0.2) is 6.19 Å². The smallest absolute Gasteiger partial charge is 0.179 e. The van der Waals surface area contributed by atoms with Crippen LogP contribution in [0.4, 0.5) is 0 Å². The Labute approximate surface area is 122 Å². The highest BCUT2D eigenvalue weighted by molar-refractivity contribution is 4.94. The highest BCUT2D eigenvalue weighted by Gasteiger charge is 2.35. The number of hydrogen-bond donors (Lipinski definition) is 0. The second kappa shape index (κ2) is 6.92. The molecule has 0 N–H and O–H groups in total. The Morgan fingerprint density at radius 1 is 1.10 bits per heavy atom. The molecule has 0 radical (unpaired) electrons. The van der Waals surface area contributed by atoms with Gasteiger partial charge in [0.05, 0.1) is 6.07 Å². The van der Waals surface area contributed by atoms with Crippen molar-refractivity contribution in [2.75, 3.05) is 39.3 Å². The fourth-order valence-electron chi connectivity index (χ4n) is 3.47. The van der Waals surface area contributed by atoms with E-state index in [1.807, 2.05) is 4.90 Å². The van der Waals surface area contributed by atoms with Gasteiger partial charge in [0.25, 0.3) is 0 Å². The minimum atomic E-state index is 0.449. The SMILES string of the molecule is CC(C)N1CCC(N2CCN(C#N)CC2)C(CC#N)C1. The molecule has 0 aromatic carbocycles. The zero-order valence-electron chi connectivity index (χ0n) is 12.6. The van der Waals surface area contributed by atoms with Crippen LogP contribution in [0.1, 0.15) is 26.7 Å². The molecule has 2 aliphatic rings. The fraction of sp³-hybridized carbons (Fsp3) is 0.867. The van der Waals surface area contributed by atoms with Crippen LogP contribution in [0.2, 0.25) is 0 Å². The first-order chi connectivity index (χ1) is 9.65. The molecule has 0 saturated carbocycles. The van der Waals surface area contributed by atoms with Crippen LogP contribution in [-0.2, 0) is 0 Å². The predicted octanol–water partition coefficient (Wildman–Crippen LogP) is 1.10. The fourth-order valence-corrected chi connectivity index (χ4v) is 3.47. The molecule has 2 aliphatic heterocycles. The topological polar surface area (TPSA) is 57.3 Å². The Balaban J connectivity index is 1.96. The molecule has 0 bridgehead atoms. The van der Waals surface area contributed by atoms with E-state index < -0.39 is 0 Å². The second-order valence-corrected chi connectivity index (χ2v) is 6.19. The summed E-state index contributed by atoms with van der Waals surface area (Å²) in [5.41, 5.74) is 0. The van der Waals surface area contributed by atoms with E-state index in [2.05, 4.69) is 35.9 Å². The van der Waals surface area contributed by atoms with Gasteiger partial charge in [-0.05, 0) is 26.8 Å². The maximum Gasteiger partial charge on any atom is 0.179 e. The van der Waals surface area contributed by atoms with Gasteiger partial charge in [0.1, 0.15) is 0 Å². The van der Waals surface area contributed by atoms with E-state index in [-0.39, 0.29) is 0 Å². The highest BCUT2D eigenvalue weighted by Crippen LogP contribution is 2.26. The molecule has 110 valence electrons. The molecule has 0 aromatic rings. The molecule has 2 rings (SSSR count). The largest absolute Gasteiger partial charge is 0.308 e. The molecular weight excluding hydrogens is 250 g/mol. The molecule has 5 heteroatoms. The number of nitrogens with zero attached hydrogens (tertiary/aromatic N) is 5. The average molecular weight is 275 g/mol. The van der Waals surface area contributed by atoms with Crippen molar-refractivity contribution in [3.05, 3.63) is 0 Å². The third kappa shape index (κ3) is 3.42. The molecule has 5 nitrogen and oxygen atoms in total. The third-order valence-corrected chi connectivity index (χ3v) is 4.73. The van der Waals surface area contributed by atoms with E-state index in [0.717, 1.165) is 45.7 Å². The first-order valence-electron chi connectivity index (χ1n) is 7.65. The standard InChI is InChI=1S/C15H25N5/c1-13(2)20-6-4-15(14(11-20)3-5-16)19-9-7-18(12-17)8-10-19/h13-15H,3-4,6-11H2,1-2H3. The average Bonchev–Trinajstić information content (AvgIpc) is 2.47. The van der Waals surface area contributed by atoms with Crippen molar-refractivity contribution in [3.63, 3.8) is 0 Å². The number of piperidine rings is 1. The van der Waals surface area contributed by atoms with Crippen LogP contribution in [0, 0.1) is 28.7 Å². The number of hydrogen-bond acceptors (Lipinski definition) is 5. The molecular formula is C15H25N5. The summed E-state index contributed by atoms with van der Waals surface area (Å²) < 4.78 is 0. The Morgan fingerprint density at radius 2 is 1.80 bits per heavy atom. The number of likely N-dealkylation sites (tertiary alicyclic amines) is 1. The van der Waals surface area contributed by atoms with Crippen molar-refractivity contribution in [1.82, 2.24) is 14.7 Å². The Bertz CT molecular complexity index is 386. The first-order valence-corrected chi connectivity index (χ1v) is 7.65. The molecule has 0 spiro atoms. The Hall–Kier alpha value is -1.30. The molecule has 20 heavy (non-hydrogen) atoms. The molecule has 2 saturated heterocycles. The van der Waals surface area contributed by atoms with Gasteiger partial charge in [-0.2, -0.15) is 10.5 Å². The van der Waals surface area contributed by atoms with Crippen molar-refractivity contribution in [3.8, 4) is 12.3 Å². The summed E-state index contributed by atoms with van der Waals surface area (Å²) in [6.07, 6.45) is 4.03. The summed E-state index contributed by atoms with van der Waals surface area (Å²) in [7, 11) is 0. The molecule has 0 aromatic heterocycles. The van der Waals surface area contributed by atoms with Crippen LogP contribution in [0.25, 0.3) is 0 Å². The summed E-state index contributed by atoms with van der Waals surface area (Å²) in [4.78, 5) is 6.83. The maximum absolute atomic E-state index is 9.10. The molecule has 2 atom stereocenters. The zero-order chi connectivity index (χ0) is 14.5. The van der Waals surface area contributed by atoms with Crippen LogP contribution in [0.3, 0.4) is 0 Å². The lowest BCUT2D eigenvalue weighted by Crippen LogP contribution is -2.56. The Morgan fingerprint density at radius 3 is 2.35 bits per heavy atom. The summed E-state index contributed by atoms with van der Waals surface area (Å²) in [5, 5.41) is 18.0. The van der Waals surface area contributed by atoms with E-state index in [1.54, 1.807) is 0 Å². The van der Waals surface area contributed by atoms with Gasteiger partial charge >= 0.3 is 0 Å². The molecule has 0 amide bonds. The van der Waals surface area contributed by atoms with Crippen LogP contribution >= 0.6 is 0 Å². The van der Waals surface area contributed by atoms with Crippen molar-refractivity contribution in [1.29, 1.82) is 10.5 Å². The number of rotatable bonds is 3. The van der Waals surface area contributed by atoms with Crippen molar-refractivity contribution < 1.29 is 0 Å².